The van der Waals surface area contributed by atoms with Crippen LogP contribution in [0.1, 0.15) is 11.1 Å². The molecule has 0 atom stereocenters. The summed E-state index contributed by atoms with van der Waals surface area (Å²) >= 11 is 0. The summed E-state index contributed by atoms with van der Waals surface area (Å²) in [5.74, 6) is 0.774. The molecule has 1 aliphatic heterocycles. The van der Waals surface area contributed by atoms with E-state index in [1.54, 1.807) is 0 Å². The third-order valence-corrected chi connectivity index (χ3v) is 15.2. The Hall–Kier alpha value is -5.90. The molecule has 0 N–H and O–H groups in total. The third-order valence-electron chi connectivity index (χ3n) is 10.4. The molecule has 3 heteroatoms. The van der Waals surface area contributed by atoms with Gasteiger partial charge in [0, 0.05) is 28.7 Å². The summed E-state index contributed by atoms with van der Waals surface area (Å²) in [6.45, 7) is 0. The number of benzene rings is 7. The van der Waals surface area contributed by atoms with E-state index in [1.807, 2.05) is 0 Å². The lowest BCUT2D eigenvalue weighted by Crippen LogP contribution is -2.72. The van der Waals surface area contributed by atoms with Crippen LogP contribution in [0.2, 0.25) is 0 Å². The van der Waals surface area contributed by atoms with Crippen LogP contribution in [0.5, 0.6) is 0 Å². The van der Waals surface area contributed by atoms with Gasteiger partial charge in [-0.1, -0.05) is 164 Å². The van der Waals surface area contributed by atoms with Crippen LogP contribution in [-0.2, 0) is 6.42 Å². The lowest BCUT2D eigenvalue weighted by Gasteiger charge is -2.31. The predicted octanol–water partition coefficient (Wildman–Crippen LogP) is 7.89. The van der Waals surface area contributed by atoms with Crippen LogP contribution in [0, 0.1) is 0 Å². The molecule has 224 valence electrons. The van der Waals surface area contributed by atoms with Crippen molar-refractivity contribution in [3.8, 4) is 45.0 Å². The molecule has 0 unspecified atom stereocenters. The van der Waals surface area contributed by atoms with Crippen molar-refractivity contribution in [2.45, 2.75) is 6.42 Å². The summed E-state index contributed by atoms with van der Waals surface area (Å²) in [4.78, 5) is 10.8. The van der Waals surface area contributed by atoms with E-state index >= 15 is 0 Å². The molecular formula is C45H30N2Si. The molecule has 0 saturated carbocycles. The Labute approximate surface area is 281 Å². The van der Waals surface area contributed by atoms with E-state index in [9.17, 15) is 0 Å². The van der Waals surface area contributed by atoms with Gasteiger partial charge in [0.1, 0.15) is 0 Å². The van der Waals surface area contributed by atoms with Crippen LogP contribution in [0.15, 0.2) is 170 Å². The summed E-state index contributed by atoms with van der Waals surface area (Å²) in [5.41, 5.74) is 10.6. The first-order valence-corrected chi connectivity index (χ1v) is 18.6. The average molecular weight is 627 g/mol. The van der Waals surface area contributed by atoms with E-state index in [0.717, 1.165) is 34.8 Å². The molecule has 48 heavy (non-hydrogen) atoms. The smallest absolute Gasteiger partial charge is 0.180 e. The zero-order chi connectivity index (χ0) is 31.7. The Morgan fingerprint density at radius 2 is 1.00 bits per heavy atom. The van der Waals surface area contributed by atoms with E-state index < -0.39 is 8.07 Å². The largest absolute Gasteiger partial charge is 0.228 e. The minimum atomic E-state index is -2.63. The fourth-order valence-corrected chi connectivity index (χ4v) is 13.5. The SMILES string of the molecule is c1ccc(-c2nc(-c3ccc4c(c3)[Si](c3ccccc3)(c3ccccc3)c3ccccc3-4)nc3c2Cc2cc4ccccc4cc2-3)cc1. The van der Waals surface area contributed by atoms with E-state index in [0.29, 0.717) is 0 Å². The van der Waals surface area contributed by atoms with Crippen LogP contribution >= 0.6 is 0 Å². The molecule has 0 spiro atoms. The highest BCUT2D eigenvalue weighted by Gasteiger charge is 2.48. The number of rotatable bonds is 4. The first-order chi connectivity index (χ1) is 23.8. The van der Waals surface area contributed by atoms with Crippen molar-refractivity contribution in [3.63, 3.8) is 0 Å². The van der Waals surface area contributed by atoms with E-state index in [4.69, 9.17) is 9.97 Å². The van der Waals surface area contributed by atoms with E-state index in [1.165, 1.54) is 59.3 Å². The lowest BCUT2D eigenvalue weighted by atomic mass is 10.0. The number of hydrogen-bond acceptors (Lipinski definition) is 2. The summed E-state index contributed by atoms with van der Waals surface area (Å²) in [6, 6.07) is 62.3. The second kappa shape index (κ2) is 10.6. The van der Waals surface area contributed by atoms with E-state index in [2.05, 4.69) is 170 Å². The third kappa shape index (κ3) is 3.92. The van der Waals surface area contributed by atoms with Gasteiger partial charge < -0.3 is 0 Å². The lowest BCUT2D eigenvalue weighted by molar-refractivity contribution is 1.13. The Bertz CT molecular complexity index is 2480. The van der Waals surface area contributed by atoms with Gasteiger partial charge in [-0.05, 0) is 54.3 Å². The minimum absolute atomic E-state index is 0.774. The molecule has 2 heterocycles. The molecule has 8 aromatic rings. The van der Waals surface area contributed by atoms with Gasteiger partial charge in [-0.3, -0.25) is 0 Å². The second-order valence-corrected chi connectivity index (χ2v) is 16.6. The van der Waals surface area contributed by atoms with Gasteiger partial charge in [0.2, 0.25) is 0 Å². The average Bonchev–Trinajstić information content (AvgIpc) is 3.67. The maximum atomic E-state index is 5.43. The fourth-order valence-electron chi connectivity index (χ4n) is 8.27. The Balaban J connectivity index is 1.25. The normalized spacial score (nSPS) is 13.5. The molecule has 10 rings (SSSR count). The van der Waals surface area contributed by atoms with Crippen LogP contribution in [0.4, 0.5) is 0 Å². The second-order valence-electron chi connectivity index (χ2n) is 12.9. The van der Waals surface area contributed by atoms with Crippen molar-refractivity contribution in [1.82, 2.24) is 9.97 Å². The molecule has 0 bridgehead atoms. The molecule has 0 radical (unpaired) electrons. The van der Waals surface area contributed by atoms with Crippen LogP contribution < -0.4 is 20.7 Å². The van der Waals surface area contributed by atoms with Gasteiger partial charge in [0.05, 0.1) is 11.4 Å². The first-order valence-electron chi connectivity index (χ1n) is 16.6. The van der Waals surface area contributed by atoms with Gasteiger partial charge in [-0.2, -0.15) is 0 Å². The van der Waals surface area contributed by atoms with Crippen LogP contribution in [-0.4, -0.2) is 18.0 Å². The zero-order valence-corrected chi connectivity index (χ0v) is 27.3. The van der Waals surface area contributed by atoms with Gasteiger partial charge >= 0.3 is 0 Å². The number of nitrogens with zero attached hydrogens (tertiary/aromatic N) is 2. The van der Waals surface area contributed by atoms with Gasteiger partial charge in [-0.25, -0.2) is 9.97 Å². The maximum absolute atomic E-state index is 5.43. The van der Waals surface area contributed by atoms with Crippen LogP contribution in [0.25, 0.3) is 55.8 Å². The van der Waals surface area contributed by atoms with Gasteiger partial charge in [0.15, 0.2) is 13.9 Å². The van der Waals surface area contributed by atoms with Crippen molar-refractivity contribution in [2.24, 2.45) is 0 Å². The zero-order valence-electron chi connectivity index (χ0n) is 26.3. The highest BCUT2D eigenvalue weighted by molar-refractivity contribution is 7.22. The summed E-state index contributed by atoms with van der Waals surface area (Å²) < 4.78 is 0. The van der Waals surface area contributed by atoms with Gasteiger partial charge in [0.25, 0.3) is 0 Å². The maximum Gasteiger partial charge on any atom is 0.180 e. The fraction of sp³-hybridized carbons (Fsp3) is 0.0222. The first kappa shape index (κ1) is 27.2. The van der Waals surface area contributed by atoms with Crippen LogP contribution in [0.3, 0.4) is 0 Å². The Morgan fingerprint density at radius 3 is 1.73 bits per heavy atom. The molecule has 2 nitrogen and oxygen atoms in total. The molecule has 2 aliphatic rings. The van der Waals surface area contributed by atoms with Crippen molar-refractivity contribution >= 4 is 39.6 Å². The van der Waals surface area contributed by atoms with E-state index in [-0.39, 0.29) is 0 Å². The van der Waals surface area contributed by atoms with Crippen molar-refractivity contribution < 1.29 is 0 Å². The summed E-state index contributed by atoms with van der Waals surface area (Å²) in [6.07, 6.45) is 0.831. The molecule has 0 amide bonds. The highest BCUT2D eigenvalue weighted by atomic mass is 28.3. The van der Waals surface area contributed by atoms with Crippen molar-refractivity contribution in [2.75, 3.05) is 0 Å². The highest BCUT2D eigenvalue weighted by Crippen LogP contribution is 2.43. The molecule has 0 fully saturated rings. The Morgan fingerprint density at radius 1 is 0.417 bits per heavy atom. The monoisotopic (exact) mass is 626 g/mol. The van der Waals surface area contributed by atoms with Crippen molar-refractivity contribution in [1.29, 1.82) is 0 Å². The minimum Gasteiger partial charge on any atom is -0.228 e. The molecule has 1 aliphatic carbocycles. The number of hydrogen-bond donors (Lipinski definition) is 0. The number of fused-ring (bicyclic) bond motifs is 7. The molecule has 0 saturated heterocycles. The molecular weight excluding hydrogens is 597 g/mol. The quantitative estimate of drug-likeness (QED) is 0.186. The van der Waals surface area contributed by atoms with Crippen molar-refractivity contribution in [3.05, 3.63) is 181 Å². The number of aromatic nitrogens is 2. The Kier molecular flexibility index (Phi) is 5.99. The molecule has 1 aromatic heterocycles. The summed E-state index contributed by atoms with van der Waals surface area (Å²) in [7, 11) is -2.63. The topological polar surface area (TPSA) is 25.8 Å². The standard InChI is InChI=1S/C45H30N2Si/c1-4-14-30(15-5-1)43-40-28-34-26-31-16-10-11-17-32(31)27-39(34)44(40)47-45(46-43)33-24-25-38-37-22-12-13-23-41(37)48(42(38)29-33,35-18-6-2-7-19-35)36-20-8-3-9-21-36/h1-27,29H,28H2. The van der Waals surface area contributed by atoms with Gasteiger partial charge in [-0.15, -0.1) is 0 Å². The summed E-state index contributed by atoms with van der Waals surface area (Å²) in [5, 5.41) is 8.12. The predicted molar refractivity (Wildman–Crippen MR) is 201 cm³/mol. The molecule has 7 aromatic carbocycles.